The maximum absolute atomic E-state index is 13.6. The SMILES string of the molecule is O=C(c1ccc(Cl)cc1F)N(CCO)C1CC1. The molecule has 1 aromatic carbocycles. The van der Waals surface area contributed by atoms with E-state index in [1.165, 1.54) is 17.0 Å². The summed E-state index contributed by atoms with van der Waals surface area (Å²) >= 11 is 5.63. The lowest BCUT2D eigenvalue weighted by molar-refractivity contribution is 0.0703. The van der Waals surface area contributed by atoms with E-state index in [0.29, 0.717) is 0 Å². The molecule has 1 aliphatic carbocycles. The normalized spacial score (nSPS) is 14.8. The molecule has 2 rings (SSSR count). The van der Waals surface area contributed by atoms with Gasteiger partial charge in [-0.2, -0.15) is 0 Å². The lowest BCUT2D eigenvalue weighted by atomic mass is 10.2. The van der Waals surface area contributed by atoms with Crippen LogP contribution in [0.1, 0.15) is 23.2 Å². The Kier molecular flexibility index (Phi) is 3.64. The van der Waals surface area contributed by atoms with Crippen molar-refractivity contribution >= 4 is 17.5 Å². The first-order valence-corrected chi connectivity index (χ1v) is 5.88. The summed E-state index contributed by atoms with van der Waals surface area (Å²) in [6, 6.07) is 4.14. The summed E-state index contributed by atoms with van der Waals surface area (Å²) in [5, 5.41) is 9.18. The van der Waals surface area contributed by atoms with Crippen molar-refractivity contribution in [3.05, 3.63) is 34.6 Å². The summed E-state index contributed by atoms with van der Waals surface area (Å²) in [5.74, 6) is -0.998. The summed E-state index contributed by atoms with van der Waals surface area (Å²) in [6.07, 6.45) is 1.84. The Morgan fingerprint density at radius 1 is 1.53 bits per heavy atom. The van der Waals surface area contributed by atoms with Crippen molar-refractivity contribution in [1.82, 2.24) is 4.90 Å². The van der Waals surface area contributed by atoms with Gasteiger partial charge in [-0.15, -0.1) is 0 Å². The van der Waals surface area contributed by atoms with E-state index in [1.54, 1.807) is 0 Å². The fraction of sp³-hybridized carbons (Fsp3) is 0.417. The second-order valence-corrected chi connectivity index (χ2v) is 4.51. The van der Waals surface area contributed by atoms with Crippen LogP contribution in [-0.2, 0) is 0 Å². The Hall–Kier alpha value is -1.13. The van der Waals surface area contributed by atoms with Crippen molar-refractivity contribution in [1.29, 1.82) is 0 Å². The number of benzene rings is 1. The minimum Gasteiger partial charge on any atom is -0.395 e. The van der Waals surface area contributed by atoms with Crippen LogP contribution >= 0.6 is 11.6 Å². The third-order valence-electron chi connectivity index (χ3n) is 2.75. The largest absolute Gasteiger partial charge is 0.395 e. The third kappa shape index (κ3) is 2.76. The van der Waals surface area contributed by atoms with Gasteiger partial charge in [0.05, 0.1) is 12.2 Å². The fourth-order valence-electron chi connectivity index (χ4n) is 1.76. The van der Waals surface area contributed by atoms with Crippen molar-refractivity contribution < 1.29 is 14.3 Å². The van der Waals surface area contributed by atoms with E-state index in [4.69, 9.17) is 16.7 Å². The molecule has 1 N–H and O–H groups in total. The number of amides is 1. The van der Waals surface area contributed by atoms with Gasteiger partial charge in [0.25, 0.3) is 5.91 Å². The van der Waals surface area contributed by atoms with E-state index in [2.05, 4.69) is 0 Å². The molecule has 0 bridgehead atoms. The molecule has 0 radical (unpaired) electrons. The van der Waals surface area contributed by atoms with Gasteiger partial charge in [-0.25, -0.2) is 4.39 Å². The molecule has 0 aliphatic heterocycles. The first-order valence-electron chi connectivity index (χ1n) is 5.50. The topological polar surface area (TPSA) is 40.5 Å². The van der Waals surface area contributed by atoms with Gasteiger partial charge in [-0.05, 0) is 31.0 Å². The highest BCUT2D eigenvalue weighted by molar-refractivity contribution is 6.30. The third-order valence-corrected chi connectivity index (χ3v) is 2.99. The number of hydrogen-bond donors (Lipinski definition) is 1. The lowest BCUT2D eigenvalue weighted by Crippen LogP contribution is -2.36. The van der Waals surface area contributed by atoms with Crippen molar-refractivity contribution in [3.63, 3.8) is 0 Å². The van der Waals surface area contributed by atoms with E-state index in [9.17, 15) is 9.18 Å². The van der Waals surface area contributed by atoms with Crippen LogP contribution < -0.4 is 0 Å². The number of hydrogen-bond acceptors (Lipinski definition) is 2. The standard InChI is InChI=1S/C12H13ClFNO2/c13-8-1-4-10(11(14)7-8)12(17)15(5-6-16)9-2-3-9/h1,4,7,9,16H,2-3,5-6H2. The van der Waals surface area contributed by atoms with Gasteiger partial charge < -0.3 is 10.0 Å². The van der Waals surface area contributed by atoms with Crippen molar-refractivity contribution in [2.45, 2.75) is 18.9 Å². The fourth-order valence-corrected chi connectivity index (χ4v) is 1.92. The van der Waals surface area contributed by atoms with E-state index < -0.39 is 5.82 Å². The van der Waals surface area contributed by atoms with E-state index in [1.807, 2.05) is 0 Å². The number of halogens is 2. The summed E-state index contributed by atoms with van der Waals surface area (Å²) in [6.45, 7) is 0.128. The number of aliphatic hydroxyl groups excluding tert-OH is 1. The Bertz CT molecular complexity index is 435. The molecule has 0 unspecified atom stereocenters. The zero-order valence-corrected chi connectivity index (χ0v) is 9.95. The van der Waals surface area contributed by atoms with E-state index in [-0.39, 0.29) is 35.7 Å². The second kappa shape index (κ2) is 5.02. The zero-order chi connectivity index (χ0) is 12.4. The molecule has 92 valence electrons. The number of nitrogens with zero attached hydrogens (tertiary/aromatic N) is 1. The minimum absolute atomic E-state index is 0.00903. The molecule has 1 saturated carbocycles. The highest BCUT2D eigenvalue weighted by Crippen LogP contribution is 2.28. The Morgan fingerprint density at radius 2 is 2.24 bits per heavy atom. The molecule has 0 heterocycles. The molecule has 1 amide bonds. The van der Waals surface area contributed by atoms with Gasteiger partial charge in [0.1, 0.15) is 5.82 Å². The van der Waals surface area contributed by atoms with Gasteiger partial charge in [-0.1, -0.05) is 11.6 Å². The number of aliphatic hydroxyl groups is 1. The first-order chi connectivity index (χ1) is 8.13. The smallest absolute Gasteiger partial charge is 0.257 e. The molecule has 0 spiro atoms. The maximum atomic E-state index is 13.6. The van der Waals surface area contributed by atoms with Crippen LogP contribution in [-0.4, -0.2) is 35.1 Å². The quantitative estimate of drug-likeness (QED) is 0.897. The Labute approximate surface area is 104 Å². The van der Waals surface area contributed by atoms with Crippen molar-refractivity contribution in [2.24, 2.45) is 0 Å². The molecule has 0 atom stereocenters. The summed E-state index contributed by atoms with van der Waals surface area (Å²) in [5.41, 5.74) is 0.00903. The highest BCUT2D eigenvalue weighted by Gasteiger charge is 2.33. The summed E-state index contributed by atoms with van der Waals surface area (Å²) < 4.78 is 13.6. The van der Waals surface area contributed by atoms with E-state index >= 15 is 0 Å². The van der Waals surface area contributed by atoms with Crippen LogP contribution in [0.4, 0.5) is 4.39 Å². The molecule has 3 nitrogen and oxygen atoms in total. The average molecular weight is 258 g/mol. The number of carbonyl (C=O) groups excluding carboxylic acids is 1. The van der Waals surface area contributed by atoms with Crippen LogP contribution in [0.25, 0.3) is 0 Å². The zero-order valence-electron chi connectivity index (χ0n) is 9.20. The van der Waals surface area contributed by atoms with Gasteiger partial charge in [0, 0.05) is 17.6 Å². The maximum Gasteiger partial charge on any atom is 0.257 e. The van der Waals surface area contributed by atoms with Gasteiger partial charge in [0.15, 0.2) is 0 Å². The van der Waals surface area contributed by atoms with Crippen LogP contribution in [0.15, 0.2) is 18.2 Å². The molecule has 5 heteroatoms. The Morgan fingerprint density at radius 3 is 2.76 bits per heavy atom. The molecule has 0 saturated heterocycles. The van der Waals surface area contributed by atoms with Gasteiger partial charge in [0.2, 0.25) is 0 Å². The number of carbonyl (C=O) groups is 1. The van der Waals surface area contributed by atoms with E-state index in [0.717, 1.165) is 18.9 Å². The van der Waals surface area contributed by atoms with Crippen molar-refractivity contribution in [3.8, 4) is 0 Å². The molecule has 1 fully saturated rings. The minimum atomic E-state index is -0.619. The average Bonchev–Trinajstić information content (AvgIpc) is 3.09. The second-order valence-electron chi connectivity index (χ2n) is 4.08. The molecule has 1 aliphatic rings. The molecular formula is C12H13ClFNO2. The number of rotatable bonds is 4. The highest BCUT2D eigenvalue weighted by atomic mass is 35.5. The Balaban J connectivity index is 2.22. The van der Waals surface area contributed by atoms with Gasteiger partial charge >= 0.3 is 0 Å². The predicted molar refractivity (Wildman–Crippen MR) is 62.6 cm³/mol. The predicted octanol–water partition coefficient (Wildman–Crippen LogP) is 2.08. The first kappa shape index (κ1) is 12.3. The van der Waals surface area contributed by atoms with Crippen LogP contribution in [0.3, 0.4) is 0 Å². The monoisotopic (exact) mass is 257 g/mol. The van der Waals surface area contributed by atoms with Crippen LogP contribution in [0.2, 0.25) is 5.02 Å². The van der Waals surface area contributed by atoms with Crippen LogP contribution in [0.5, 0.6) is 0 Å². The molecule has 1 aromatic rings. The van der Waals surface area contributed by atoms with Crippen molar-refractivity contribution in [2.75, 3.05) is 13.2 Å². The lowest BCUT2D eigenvalue weighted by Gasteiger charge is -2.21. The van der Waals surface area contributed by atoms with Crippen LogP contribution in [0, 0.1) is 5.82 Å². The molecule has 0 aromatic heterocycles. The van der Waals surface area contributed by atoms with Gasteiger partial charge in [-0.3, -0.25) is 4.79 Å². The summed E-state index contributed by atoms with van der Waals surface area (Å²) in [7, 11) is 0. The molecule has 17 heavy (non-hydrogen) atoms. The molecular weight excluding hydrogens is 245 g/mol. The summed E-state index contributed by atoms with van der Waals surface area (Å²) in [4.78, 5) is 13.6.